The maximum atomic E-state index is 13.9. The zero-order valence-corrected chi connectivity index (χ0v) is 52.6. The fraction of sp³-hybridized carbons (Fsp3) is 0.146. The molecule has 12 aromatic carbocycles. The van der Waals surface area contributed by atoms with Crippen LogP contribution in [-0.2, 0) is 10.8 Å². The topological polar surface area (TPSA) is 117 Å². The van der Waals surface area contributed by atoms with E-state index in [-0.39, 0.29) is 28.3 Å². The van der Waals surface area contributed by atoms with Gasteiger partial charge < -0.3 is 15.5 Å². The molecule has 446 valence electrons. The van der Waals surface area contributed by atoms with Crippen LogP contribution in [0.15, 0.2) is 265 Å². The van der Waals surface area contributed by atoms with Crippen LogP contribution >= 0.6 is 0 Å². The Bertz CT molecular complexity index is 4880. The van der Waals surface area contributed by atoms with E-state index < -0.39 is 0 Å². The van der Waals surface area contributed by atoms with Crippen molar-refractivity contribution in [2.45, 2.75) is 66.2 Å². The van der Waals surface area contributed by atoms with Gasteiger partial charge in [-0.3, -0.25) is 9.59 Å². The van der Waals surface area contributed by atoms with E-state index in [1.54, 1.807) is 0 Å². The molecule has 0 aliphatic carbocycles. The monoisotopic (exact) mass is 1190 g/mol. The number of nitrogens with zero attached hydrogens (tertiary/aromatic N) is 6. The average Bonchev–Trinajstić information content (AvgIpc) is 0.744. The summed E-state index contributed by atoms with van der Waals surface area (Å²) in [6, 6.07) is 85.6. The predicted molar refractivity (Wildman–Crippen MR) is 378 cm³/mol. The van der Waals surface area contributed by atoms with Crippen molar-refractivity contribution in [2.75, 3.05) is 22.1 Å². The molecule has 91 heavy (non-hydrogen) atoms. The number of carbonyl (C=O) groups is 2. The van der Waals surface area contributed by atoms with E-state index in [0.29, 0.717) is 62.3 Å². The number of rotatable bonds is 15. The predicted octanol–water partition coefficient (Wildman–Crippen LogP) is 21.7. The van der Waals surface area contributed by atoms with Gasteiger partial charge in [0.05, 0.1) is 23.3 Å². The second-order valence-electron chi connectivity index (χ2n) is 25.9. The smallest absolute Gasteiger partial charge is 0.193 e. The number of nitrogens with two attached hydrogens (primary N) is 1. The largest absolute Gasteiger partial charge is 0.396 e. The van der Waals surface area contributed by atoms with Crippen LogP contribution in [-0.4, -0.2) is 28.1 Å². The molecule has 0 fully saturated rings. The third-order valence-electron chi connectivity index (χ3n) is 17.1. The lowest BCUT2D eigenvalue weighted by Gasteiger charge is -2.26. The molecule has 0 amide bonds. The van der Waals surface area contributed by atoms with Gasteiger partial charge in [-0.25, -0.2) is 9.97 Å². The first kappa shape index (κ1) is 59.1. The van der Waals surface area contributed by atoms with Crippen molar-refractivity contribution in [1.82, 2.24) is 9.97 Å². The van der Waals surface area contributed by atoms with Crippen molar-refractivity contribution < 1.29 is 9.59 Å². The van der Waals surface area contributed by atoms with Crippen LogP contribution in [0.5, 0.6) is 0 Å². The van der Waals surface area contributed by atoms with Gasteiger partial charge in [0.15, 0.2) is 11.6 Å². The maximum absolute atomic E-state index is 13.9. The lowest BCUT2D eigenvalue weighted by molar-refractivity contribution is 0.103. The van der Waals surface area contributed by atoms with Gasteiger partial charge in [0.2, 0.25) is 0 Å². The zero-order chi connectivity index (χ0) is 63.1. The number of hydrogen-bond acceptors (Lipinski definition) is 9. The quantitative estimate of drug-likeness (QED) is 0.0357. The number of para-hydroxylation sites is 2. The van der Waals surface area contributed by atoms with Gasteiger partial charge in [-0.05, 0) is 147 Å². The lowest BCUT2D eigenvalue weighted by Crippen LogP contribution is -2.12. The Labute approximate surface area is 532 Å². The van der Waals surface area contributed by atoms with Crippen molar-refractivity contribution in [3.8, 4) is 22.3 Å². The summed E-state index contributed by atoms with van der Waals surface area (Å²) in [7, 11) is 0. The highest BCUT2D eigenvalue weighted by Gasteiger charge is 2.27. The first-order chi connectivity index (χ1) is 44.0. The normalized spacial score (nSPS) is 12.0. The highest BCUT2D eigenvalue weighted by Crippen LogP contribution is 2.50. The molecular formula is C82H71N7O2. The SMILES string of the molecule is CC(C)C/N=N/c1c(N)c(-c2ccc(N(c3ccccc3)c3ccc(C(=O)c4ccc(C(C)(C)C)cc4)cc3)cc2)c2nc3c4ccccc4c4ccccc4c3nc2c1-c1ccc(N(c2ccccc2)c2ccc(C(=O)c3ccc(C(C)(C)C)cc3)cc2)cc1. The highest BCUT2D eigenvalue weighted by atomic mass is 16.1. The maximum Gasteiger partial charge on any atom is 0.193 e. The molecule has 0 saturated heterocycles. The minimum Gasteiger partial charge on any atom is -0.396 e. The van der Waals surface area contributed by atoms with Crippen LogP contribution in [0.4, 0.5) is 45.5 Å². The number of hydrogen-bond donors (Lipinski definition) is 1. The van der Waals surface area contributed by atoms with Gasteiger partial charge in [0.1, 0.15) is 16.7 Å². The third kappa shape index (κ3) is 11.6. The fourth-order valence-corrected chi connectivity index (χ4v) is 12.1. The van der Waals surface area contributed by atoms with Gasteiger partial charge in [0.25, 0.3) is 0 Å². The van der Waals surface area contributed by atoms with E-state index in [9.17, 15) is 9.59 Å². The van der Waals surface area contributed by atoms with Gasteiger partial charge >= 0.3 is 0 Å². The summed E-state index contributed by atoms with van der Waals surface area (Å²) in [6.45, 7) is 17.8. The number of nitrogen functional groups attached to an aromatic ring is 1. The number of carbonyl (C=O) groups excluding carboxylic acids is 2. The number of ketones is 2. The molecule has 13 rings (SSSR count). The van der Waals surface area contributed by atoms with Gasteiger partial charge in [-0.1, -0.05) is 213 Å². The Morgan fingerprint density at radius 1 is 0.385 bits per heavy atom. The first-order valence-electron chi connectivity index (χ1n) is 31.1. The second kappa shape index (κ2) is 24.2. The van der Waals surface area contributed by atoms with E-state index in [0.717, 1.165) is 77.8 Å². The van der Waals surface area contributed by atoms with Crippen LogP contribution in [0.1, 0.15) is 98.4 Å². The third-order valence-corrected chi connectivity index (χ3v) is 17.1. The number of aromatic nitrogens is 2. The van der Waals surface area contributed by atoms with Crippen molar-refractivity contribution in [2.24, 2.45) is 16.1 Å². The molecule has 0 unspecified atom stereocenters. The van der Waals surface area contributed by atoms with Gasteiger partial charge in [0, 0.05) is 78.3 Å². The minimum absolute atomic E-state index is 0.0188. The first-order valence-corrected chi connectivity index (χ1v) is 31.1. The Balaban J connectivity index is 0.947. The summed E-state index contributed by atoms with van der Waals surface area (Å²) in [4.78, 5) is 43.7. The summed E-state index contributed by atoms with van der Waals surface area (Å²) < 4.78 is 0. The molecule has 0 bridgehead atoms. The summed E-state index contributed by atoms with van der Waals surface area (Å²) in [5, 5.41) is 14.1. The van der Waals surface area contributed by atoms with Crippen LogP contribution in [0.25, 0.3) is 65.9 Å². The number of benzene rings is 12. The molecule has 0 saturated carbocycles. The molecule has 0 radical (unpaired) electrons. The molecule has 0 aliphatic rings. The molecule has 1 heterocycles. The summed E-state index contributed by atoms with van der Waals surface area (Å²) in [5.41, 5.74) is 24.8. The zero-order valence-electron chi connectivity index (χ0n) is 52.6. The Hall–Kier alpha value is -10.9. The molecule has 0 aliphatic heterocycles. The number of azo groups is 1. The van der Waals surface area contributed by atoms with Crippen molar-refractivity contribution in [1.29, 1.82) is 0 Å². The highest BCUT2D eigenvalue weighted by molar-refractivity contribution is 6.25. The van der Waals surface area contributed by atoms with E-state index in [2.05, 4.69) is 187 Å². The molecule has 0 atom stereocenters. The van der Waals surface area contributed by atoms with Gasteiger partial charge in [-0.15, -0.1) is 0 Å². The number of fused-ring (bicyclic) bond motifs is 7. The lowest BCUT2D eigenvalue weighted by atomic mass is 9.86. The molecular weight excluding hydrogens is 1110 g/mol. The summed E-state index contributed by atoms with van der Waals surface area (Å²) >= 11 is 0. The Morgan fingerprint density at radius 2 is 0.692 bits per heavy atom. The van der Waals surface area contributed by atoms with Crippen LogP contribution < -0.4 is 15.5 Å². The number of anilines is 7. The minimum atomic E-state index is -0.0305. The average molecular weight is 1190 g/mol. The Kier molecular flexibility index (Phi) is 15.7. The fourth-order valence-electron chi connectivity index (χ4n) is 12.1. The van der Waals surface area contributed by atoms with Crippen LogP contribution in [0, 0.1) is 5.92 Å². The molecule has 9 nitrogen and oxygen atoms in total. The van der Waals surface area contributed by atoms with E-state index in [4.69, 9.17) is 25.9 Å². The second-order valence-corrected chi connectivity index (χ2v) is 25.9. The molecule has 0 spiro atoms. The van der Waals surface area contributed by atoms with Crippen molar-refractivity contribution >= 4 is 101 Å². The molecule has 2 N–H and O–H groups in total. The summed E-state index contributed by atoms with van der Waals surface area (Å²) in [6.07, 6.45) is 0. The molecule has 1 aromatic heterocycles. The van der Waals surface area contributed by atoms with Crippen LogP contribution in [0.2, 0.25) is 0 Å². The van der Waals surface area contributed by atoms with Crippen LogP contribution in [0.3, 0.4) is 0 Å². The van der Waals surface area contributed by atoms with E-state index >= 15 is 0 Å². The van der Waals surface area contributed by atoms with Gasteiger partial charge in [-0.2, -0.15) is 10.2 Å². The standard InChI is InChI=1S/C82H71N7O2/c1-52(2)51-84-87-76-72(54-33-45-64(46-34-54)89(62-21-13-10-14-22-62)66-49-37-58(38-50-66)80(91)56-29-41-60(42-30-56)82(6,7)8)78-77(85-74-69-25-17-15-23-67(69)68-24-16-18-26-70(68)75(74)86-78)71(73(76)83)53-31-43-63(44-32-53)88(61-19-11-9-12-20-61)65-47-35-57(36-48-65)79(90)55-27-39-59(40-28-55)81(3,4)5/h9-50,52H,51,83H2,1-8H3/b87-84+. The summed E-state index contributed by atoms with van der Waals surface area (Å²) in [5.74, 6) is 0.170. The Morgan fingerprint density at radius 3 is 1.05 bits per heavy atom. The molecule has 13 aromatic rings. The van der Waals surface area contributed by atoms with E-state index in [1.165, 1.54) is 11.1 Å². The van der Waals surface area contributed by atoms with E-state index in [1.807, 2.05) is 133 Å². The van der Waals surface area contributed by atoms with Crippen molar-refractivity contribution in [3.63, 3.8) is 0 Å². The molecule has 9 heteroatoms. The van der Waals surface area contributed by atoms with Crippen molar-refractivity contribution in [3.05, 3.63) is 288 Å².